The van der Waals surface area contributed by atoms with Crippen LogP contribution in [0, 0.1) is 0 Å². The fraction of sp³-hybridized carbons (Fsp3) is 0.600. The fourth-order valence-electron chi connectivity index (χ4n) is 2.09. The van der Waals surface area contributed by atoms with E-state index in [9.17, 15) is 0 Å². The van der Waals surface area contributed by atoms with Crippen LogP contribution in [0.15, 0.2) is 6.07 Å². The topological polar surface area (TPSA) is 9.23 Å². The van der Waals surface area contributed by atoms with Crippen molar-refractivity contribution in [2.75, 3.05) is 6.61 Å². The predicted octanol–water partition coefficient (Wildman–Crippen LogP) is 3.52. The number of ether oxygens (including phenoxy) is 1. The number of thiophene rings is 1. The maximum absolute atomic E-state index is 6.03. The first-order valence-corrected chi connectivity index (χ1v) is 5.82. The molecule has 0 amide bonds. The molecule has 0 aromatic carbocycles. The van der Waals surface area contributed by atoms with E-state index in [1.807, 2.05) is 0 Å². The van der Waals surface area contributed by atoms with Crippen molar-refractivity contribution in [2.24, 2.45) is 0 Å². The van der Waals surface area contributed by atoms with Gasteiger partial charge in [-0.1, -0.05) is 11.6 Å². The standard InChI is InChI=1S/C10H11ClOS/c1-6-9-7(4-8(11)13-9)10(2-3-10)5-12-6/h4,6H,2-3,5H2,1H3. The summed E-state index contributed by atoms with van der Waals surface area (Å²) in [5.74, 6) is 0. The third kappa shape index (κ3) is 1.09. The van der Waals surface area contributed by atoms with Gasteiger partial charge < -0.3 is 4.74 Å². The first-order chi connectivity index (χ1) is 6.21. The molecule has 0 bridgehead atoms. The summed E-state index contributed by atoms with van der Waals surface area (Å²) in [6.07, 6.45) is 2.80. The van der Waals surface area contributed by atoms with Crippen LogP contribution in [0.4, 0.5) is 0 Å². The normalized spacial score (nSPS) is 28.9. The van der Waals surface area contributed by atoms with E-state index < -0.39 is 0 Å². The lowest BCUT2D eigenvalue weighted by Crippen LogP contribution is -2.23. The van der Waals surface area contributed by atoms with Crippen molar-refractivity contribution in [1.82, 2.24) is 0 Å². The molecular weight excluding hydrogens is 204 g/mol. The molecule has 1 fully saturated rings. The van der Waals surface area contributed by atoms with Crippen LogP contribution in [0.2, 0.25) is 4.34 Å². The van der Waals surface area contributed by atoms with Crippen LogP contribution in [-0.2, 0) is 10.2 Å². The third-order valence-electron chi connectivity index (χ3n) is 3.13. The molecule has 1 saturated carbocycles. The molecule has 2 heterocycles. The number of rotatable bonds is 0. The van der Waals surface area contributed by atoms with Crippen molar-refractivity contribution in [3.05, 3.63) is 20.8 Å². The Morgan fingerprint density at radius 1 is 1.62 bits per heavy atom. The minimum absolute atomic E-state index is 0.249. The summed E-state index contributed by atoms with van der Waals surface area (Å²) in [4.78, 5) is 1.36. The lowest BCUT2D eigenvalue weighted by Gasteiger charge is -2.26. The summed E-state index contributed by atoms with van der Waals surface area (Å²) < 4.78 is 6.66. The van der Waals surface area contributed by atoms with E-state index >= 15 is 0 Å². The summed E-state index contributed by atoms with van der Waals surface area (Å²) in [6.45, 7) is 3.01. The minimum Gasteiger partial charge on any atom is -0.372 e. The second kappa shape index (κ2) is 2.50. The number of fused-ring (bicyclic) bond motifs is 2. The van der Waals surface area contributed by atoms with Gasteiger partial charge in [-0.25, -0.2) is 0 Å². The molecule has 1 aromatic rings. The summed E-state index contributed by atoms with van der Waals surface area (Å²) in [7, 11) is 0. The summed E-state index contributed by atoms with van der Waals surface area (Å²) in [5, 5.41) is 0. The molecule has 1 spiro atoms. The Morgan fingerprint density at radius 3 is 3.08 bits per heavy atom. The molecule has 2 aliphatic rings. The highest BCUT2D eigenvalue weighted by atomic mass is 35.5. The van der Waals surface area contributed by atoms with E-state index in [-0.39, 0.29) is 6.10 Å². The second-order valence-corrected chi connectivity index (χ2v) is 5.78. The first kappa shape index (κ1) is 8.27. The summed E-state index contributed by atoms with van der Waals surface area (Å²) >= 11 is 7.72. The van der Waals surface area contributed by atoms with Gasteiger partial charge in [0.2, 0.25) is 0 Å². The van der Waals surface area contributed by atoms with Gasteiger partial charge >= 0.3 is 0 Å². The molecule has 3 heteroatoms. The van der Waals surface area contributed by atoms with Crippen molar-refractivity contribution in [3.63, 3.8) is 0 Å². The Hall–Kier alpha value is -0.0500. The van der Waals surface area contributed by atoms with Crippen molar-refractivity contribution in [3.8, 4) is 0 Å². The highest BCUT2D eigenvalue weighted by Gasteiger charge is 2.49. The Kier molecular flexibility index (Phi) is 1.59. The average Bonchev–Trinajstić information content (AvgIpc) is 2.76. The summed E-state index contributed by atoms with van der Waals surface area (Å²) in [5.41, 5.74) is 1.84. The fourth-order valence-corrected chi connectivity index (χ4v) is 3.46. The SMILES string of the molecule is CC1OCC2(CC2)c2cc(Cl)sc21. The lowest BCUT2D eigenvalue weighted by atomic mass is 9.94. The summed E-state index contributed by atoms with van der Waals surface area (Å²) in [6, 6.07) is 2.15. The van der Waals surface area contributed by atoms with Crippen LogP contribution in [-0.4, -0.2) is 6.61 Å². The van der Waals surface area contributed by atoms with Crippen molar-refractivity contribution in [1.29, 1.82) is 0 Å². The van der Waals surface area contributed by atoms with Gasteiger partial charge in [0.25, 0.3) is 0 Å². The molecule has 70 valence electrons. The van der Waals surface area contributed by atoms with Crippen LogP contribution >= 0.6 is 22.9 Å². The zero-order chi connectivity index (χ0) is 9.05. The molecule has 1 aliphatic carbocycles. The molecule has 1 nitrogen and oxygen atoms in total. The largest absolute Gasteiger partial charge is 0.372 e. The van der Waals surface area contributed by atoms with E-state index in [1.54, 1.807) is 11.3 Å². The zero-order valence-corrected chi connectivity index (χ0v) is 9.04. The molecule has 0 N–H and O–H groups in total. The Balaban J connectivity index is 2.16. The monoisotopic (exact) mass is 214 g/mol. The van der Waals surface area contributed by atoms with Gasteiger partial charge in [-0.2, -0.15) is 0 Å². The van der Waals surface area contributed by atoms with Gasteiger partial charge in [-0.15, -0.1) is 11.3 Å². The number of hydrogen-bond acceptors (Lipinski definition) is 2. The number of hydrogen-bond donors (Lipinski definition) is 0. The molecule has 3 rings (SSSR count). The molecular formula is C10H11ClOS. The lowest BCUT2D eigenvalue weighted by molar-refractivity contribution is 0.0366. The molecule has 1 unspecified atom stereocenters. The van der Waals surface area contributed by atoms with E-state index in [0.717, 1.165) is 10.9 Å². The highest BCUT2D eigenvalue weighted by Crippen LogP contribution is 2.56. The molecule has 0 saturated heterocycles. The van der Waals surface area contributed by atoms with Gasteiger partial charge in [0, 0.05) is 10.3 Å². The van der Waals surface area contributed by atoms with Crippen LogP contribution in [0.5, 0.6) is 0 Å². The molecule has 0 radical (unpaired) electrons. The van der Waals surface area contributed by atoms with Crippen molar-refractivity contribution < 1.29 is 4.74 Å². The Bertz CT molecular complexity index is 354. The maximum Gasteiger partial charge on any atom is 0.0935 e. The van der Waals surface area contributed by atoms with Crippen molar-refractivity contribution >= 4 is 22.9 Å². The third-order valence-corrected chi connectivity index (χ3v) is 4.56. The smallest absolute Gasteiger partial charge is 0.0935 e. The van der Waals surface area contributed by atoms with E-state index in [4.69, 9.17) is 16.3 Å². The molecule has 1 aromatic heterocycles. The molecule has 13 heavy (non-hydrogen) atoms. The van der Waals surface area contributed by atoms with Gasteiger partial charge in [-0.3, -0.25) is 0 Å². The zero-order valence-electron chi connectivity index (χ0n) is 7.47. The first-order valence-electron chi connectivity index (χ1n) is 4.63. The van der Waals surface area contributed by atoms with Crippen LogP contribution in [0.3, 0.4) is 0 Å². The molecule has 1 aliphatic heterocycles. The van der Waals surface area contributed by atoms with E-state index in [0.29, 0.717) is 5.41 Å². The van der Waals surface area contributed by atoms with Gasteiger partial charge in [-0.05, 0) is 31.4 Å². The average molecular weight is 215 g/mol. The quantitative estimate of drug-likeness (QED) is 0.642. The minimum atomic E-state index is 0.249. The van der Waals surface area contributed by atoms with Gasteiger partial charge in [0.05, 0.1) is 17.0 Å². The predicted molar refractivity (Wildman–Crippen MR) is 54.6 cm³/mol. The van der Waals surface area contributed by atoms with Crippen LogP contribution in [0.1, 0.15) is 36.3 Å². The second-order valence-electron chi connectivity index (χ2n) is 4.06. The Labute approximate surface area is 86.7 Å². The van der Waals surface area contributed by atoms with E-state index in [2.05, 4.69) is 13.0 Å². The van der Waals surface area contributed by atoms with Crippen LogP contribution in [0.25, 0.3) is 0 Å². The van der Waals surface area contributed by atoms with Gasteiger partial charge in [0.15, 0.2) is 0 Å². The molecule has 1 atom stereocenters. The number of halogens is 1. The highest BCUT2D eigenvalue weighted by molar-refractivity contribution is 7.16. The van der Waals surface area contributed by atoms with Crippen LogP contribution < -0.4 is 0 Å². The van der Waals surface area contributed by atoms with Gasteiger partial charge in [0.1, 0.15) is 0 Å². The maximum atomic E-state index is 6.03. The Morgan fingerprint density at radius 2 is 2.38 bits per heavy atom. The van der Waals surface area contributed by atoms with E-state index in [1.165, 1.54) is 23.3 Å². The van der Waals surface area contributed by atoms with Crippen molar-refractivity contribution in [2.45, 2.75) is 31.3 Å².